The fourth-order valence-corrected chi connectivity index (χ4v) is 2.54. The van der Waals surface area contributed by atoms with Gasteiger partial charge in [0.15, 0.2) is 11.3 Å². The van der Waals surface area contributed by atoms with Gasteiger partial charge in [-0.25, -0.2) is 4.79 Å². The second kappa shape index (κ2) is 7.13. The topological polar surface area (TPSA) is 57.9 Å². The highest BCUT2D eigenvalue weighted by Crippen LogP contribution is 2.35. The molecule has 0 spiro atoms. The van der Waals surface area contributed by atoms with Crippen LogP contribution in [0.25, 0.3) is 28.4 Å². The van der Waals surface area contributed by atoms with E-state index >= 15 is 0 Å². The first-order valence-electron chi connectivity index (χ1n) is 7.66. The van der Waals surface area contributed by atoms with Crippen LogP contribution in [0.1, 0.15) is 5.56 Å². The summed E-state index contributed by atoms with van der Waals surface area (Å²) in [5.74, 6) is 1.65. The first-order valence-corrected chi connectivity index (χ1v) is 7.66. The Morgan fingerprint density at radius 1 is 1.04 bits per heavy atom. The van der Waals surface area contributed by atoms with Gasteiger partial charge in [-0.15, -0.1) is 0 Å². The summed E-state index contributed by atoms with van der Waals surface area (Å²) in [6.07, 6.45) is 3.04. The standard InChI is InChI=1S/C20H18O5/c1-22-16-6-4-5-14(11-16)17-12-15-9-13(7-8-19(21)24-3)10-18(23-2)20(15)25-17/h4-12H,1-3H3/b8-7+. The maximum atomic E-state index is 11.3. The van der Waals surface area contributed by atoms with E-state index in [9.17, 15) is 4.79 Å². The van der Waals surface area contributed by atoms with Crippen LogP contribution in [0.2, 0.25) is 0 Å². The Morgan fingerprint density at radius 2 is 1.88 bits per heavy atom. The Balaban J connectivity index is 2.06. The van der Waals surface area contributed by atoms with Crippen LogP contribution in [-0.2, 0) is 9.53 Å². The molecule has 2 aromatic carbocycles. The van der Waals surface area contributed by atoms with E-state index < -0.39 is 5.97 Å². The first-order chi connectivity index (χ1) is 12.1. The maximum Gasteiger partial charge on any atom is 0.330 e. The highest BCUT2D eigenvalue weighted by Gasteiger charge is 2.12. The highest BCUT2D eigenvalue weighted by atomic mass is 16.5. The van der Waals surface area contributed by atoms with E-state index in [4.69, 9.17) is 13.9 Å². The number of fused-ring (bicyclic) bond motifs is 1. The Hall–Kier alpha value is -3.21. The SMILES string of the molecule is COC(=O)/C=C/c1cc(OC)c2oc(-c3cccc(OC)c3)cc2c1. The smallest absolute Gasteiger partial charge is 0.330 e. The molecule has 1 aromatic heterocycles. The van der Waals surface area contributed by atoms with Crippen LogP contribution in [0.15, 0.2) is 53.0 Å². The number of benzene rings is 2. The van der Waals surface area contributed by atoms with Crippen molar-refractivity contribution in [3.05, 3.63) is 54.1 Å². The molecule has 0 amide bonds. The summed E-state index contributed by atoms with van der Waals surface area (Å²) >= 11 is 0. The molecule has 25 heavy (non-hydrogen) atoms. The quantitative estimate of drug-likeness (QED) is 0.513. The third-order valence-corrected chi connectivity index (χ3v) is 3.79. The molecule has 0 aliphatic heterocycles. The van der Waals surface area contributed by atoms with E-state index in [0.717, 1.165) is 22.3 Å². The molecule has 0 saturated carbocycles. The highest BCUT2D eigenvalue weighted by molar-refractivity contribution is 5.92. The van der Waals surface area contributed by atoms with Gasteiger partial charge in [0, 0.05) is 17.0 Å². The number of ether oxygens (including phenoxy) is 3. The Kier molecular flexibility index (Phi) is 4.75. The average molecular weight is 338 g/mol. The van der Waals surface area contributed by atoms with Gasteiger partial charge in [-0.2, -0.15) is 0 Å². The third kappa shape index (κ3) is 3.50. The lowest BCUT2D eigenvalue weighted by Crippen LogP contribution is -1.93. The van der Waals surface area contributed by atoms with Crippen molar-refractivity contribution in [1.82, 2.24) is 0 Å². The van der Waals surface area contributed by atoms with Crippen LogP contribution >= 0.6 is 0 Å². The van der Waals surface area contributed by atoms with Crippen molar-refractivity contribution in [2.75, 3.05) is 21.3 Å². The molecule has 3 aromatic rings. The van der Waals surface area contributed by atoms with Gasteiger partial charge in [-0.05, 0) is 42.0 Å². The fourth-order valence-electron chi connectivity index (χ4n) is 2.54. The molecule has 0 aliphatic carbocycles. The van der Waals surface area contributed by atoms with Gasteiger partial charge in [0.1, 0.15) is 11.5 Å². The van der Waals surface area contributed by atoms with Gasteiger partial charge in [-0.1, -0.05) is 12.1 Å². The lowest BCUT2D eigenvalue weighted by Gasteiger charge is -2.03. The first kappa shape index (κ1) is 16.6. The fraction of sp³-hybridized carbons (Fsp3) is 0.150. The van der Waals surface area contributed by atoms with Gasteiger partial charge < -0.3 is 18.6 Å². The third-order valence-electron chi connectivity index (χ3n) is 3.79. The van der Waals surface area contributed by atoms with Crippen LogP contribution in [0.3, 0.4) is 0 Å². The van der Waals surface area contributed by atoms with Gasteiger partial charge in [0.2, 0.25) is 0 Å². The number of hydrogen-bond donors (Lipinski definition) is 0. The minimum absolute atomic E-state index is 0.414. The zero-order chi connectivity index (χ0) is 17.8. The normalized spacial score (nSPS) is 11.0. The number of rotatable bonds is 5. The van der Waals surface area contributed by atoms with E-state index in [-0.39, 0.29) is 0 Å². The maximum absolute atomic E-state index is 11.3. The van der Waals surface area contributed by atoms with E-state index in [0.29, 0.717) is 17.1 Å². The van der Waals surface area contributed by atoms with Crippen molar-refractivity contribution >= 4 is 23.0 Å². The van der Waals surface area contributed by atoms with Gasteiger partial charge in [0.05, 0.1) is 21.3 Å². The van der Waals surface area contributed by atoms with E-state index in [1.165, 1.54) is 13.2 Å². The van der Waals surface area contributed by atoms with Crippen molar-refractivity contribution in [1.29, 1.82) is 0 Å². The molecule has 0 fully saturated rings. The molecule has 128 valence electrons. The number of methoxy groups -OCH3 is 3. The predicted molar refractivity (Wildman–Crippen MR) is 95.8 cm³/mol. The summed E-state index contributed by atoms with van der Waals surface area (Å²) < 4.78 is 21.3. The average Bonchev–Trinajstić information content (AvgIpc) is 3.09. The second-order valence-electron chi connectivity index (χ2n) is 5.34. The van der Waals surface area contributed by atoms with E-state index in [2.05, 4.69) is 4.74 Å². The number of carbonyl (C=O) groups excluding carboxylic acids is 1. The van der Waals surface area contributed by atoms with Gasteiger partial charge in [-0.3, -0.25) is 0 Å². The number of furan rings is 1. The lowest BCUT2D eigenvalue weighted by atomic mass is 10.1. The van der Waals surface area contributed by atoms with Crippen LogP contribution < -0.4 is 9.47 Å². The zero-order valence-electron chi connectivity index (χ0n) is 14.2. The van der Waals surface area contributed by atoms with E-state index in [1.807, 2.05) is 36.4 Å². The van der Waals surface area contributed by atoms with Crippen molar-refractivity contribution in [3.8, 4) is 22.8 Å². The van der Waals surface area contributed by atoms with Crippen molar-refractivity contribution in [3.63, 3.8) is 0 Å². The monoisotopic (exact) mass is 338 g/mol. The number of carbonyl (C=O) groups is 1. The predicted octanol–water partition coefficient (Wildman–Crippen LogP) is 4.30. The van der Waals surface area contributed by atoms with Crippen LogP contribution in [-0.4, -0.2) is 27.3 Å². The summed E-state index contributed by atoms with van der Waals surface area (Å²) in [6.45, 7) is 0. The molecule has 0 aliphatic rings. The second-order valence-corrected chi connectivity index (χ2v) is 5.34. The molecule has 0 atom stereocenters. The minimum Gasteiger partial charge on any atom is -0.497 e. The molecular weight excluding hydrogens is 320 g/mol. The molecule has 1 heterocycles. The lowest BCUT2D eigenvalue weighted by molar-refractivity contribution is -0.134. The summed E-state index contributed by atoms with van der Waals surface area (Å²) in [6, 6.07) is 13.3. The summed E-state index contributed by atoms with van der Waals surface area (Å²) in [4.78, 5) is 11.3. The molecule has 3 rings (SSSR count). The van der Waals surface area contributed by atoms with Crippen molar-refractivity contribution in [2.45, 2.75) is 0 Å². The minimum atomic E-state index is -0.414. The Bertz CT molecular complexity index is 936. The van der Waals surface area contributed by atoms with Crippen LogP contribution in [0, 0.1) is 0 Å². The van der Waals surface area contributed by atoms with Gasteiger partial charge >= 0.3 is 5.97 Å². The van der Waals surface area contributed by atoms with Crippen molar-refractivity contribution < 1.29 is 23.4 Å². The molecule has 5 heteroatoms. The number of esters is 1. The molecular formula is C20H18O5. The van der Waals surface area contributed by atoms with Crippen molar-refractivity contribution in [2.24, 2.45) is 0 Å². The summed E-state index contributed by atoms with van der Waals surface area (Å²) in [7, 11) is 4.55. The molecule has 0 saturated heterocycles. The Labute approximate surface area is 145 Å². The number of hydrogen-bond acceptors (Lipinski definition) is 5. The molecule has 5 nitrogen and oxygen atoms in total. The van der Waals surface area contributed by atoms with Gasteiger partial charge in [0.25, 0.3) is 0 Å². The largest absolute Gasteiger partial charge is 0.497 e. The molecule has 0 unspecified atom stereocenters. The Morgan fingerprint density at radius 3 is 2.60 bits per heavy atom. The summed E-state index contributed by atoms with van der Waals surface area (Å²) in [5.41, 5.74) is 2.37. The van der Waals surface area contributed by atoms with Crippen LogP contribution in [0.5, 0.6) is 11.5 Å². The molecule has 0 bridgehead atoms. The van der Waals surface area contributed by atoms with E-state index in [1.54, 1.807) is 26.4 Å². The molecule has 0 radical (unpaired) electrons. The van der Waals surface area contributed by atoms with Crippen LogP contribution in [0.4, 0.5) is 0 Å². The molecule has 0 N–H and O–H groups in total. The zero-order valence-corrected chi connectivity index (χ0v) is 14.2. The summed E-state index contributed by atoms with van der Waals surface area (Å²) in [5, 5.41) is 0.877.